The number of likely N-dealkylation sites (tertiary alicyclic amines) is 1. The second kappa shape index (κ2) is 6.13. The highest BCUT2D eigenvalue weighted by atomic mass is 79.9. The van der Waals surface area contributed by atoms with Crippen LogP contribution in [0.1, 0.15) is 38.3 Å². The summed E-state index contributed by atoms with van der Waals surface area (Å²) in [5.74, 6) is 0. The van der Waals surface area contributed by atoms with Crippen LogP contribution in [0.5, 0.6) is 0 Å². The molecule has 0 amide bonds. The van der Waals surface area contributed by atoms with E-state index < -0.39 is 0 Å². The predicted octanol–water partition coefficient (Wildman–Crippen LogP) is 4.22. The topological polar surface area (TPSA) is 29.3 Å². The first-order valence-corrected chi connectivity index (χ1v) is 7.99. The second-order valence-electron chi connectivity index (χ2n) is 6.12. The molecule has 1 aromatic carbocycles. The average molecular weight is 346 g/mol. The van der Waals surface area contributed by atoms with Crippen molar-refractivity contribution in [3.8, 4) is 0 Å². The summed E-state index contributed by atoms with van der Waals surface area (Å²) in [4.78, 5) is 2.47. The van der Waals surface area contributed by atoms with Crippen LogP contribution >= 0.6 is 27.5 Å². The molecule has 0 aliphatic carbocycles. The smallest absolute Gasteiger partial charge is 0.0485 e. The van der Waals surface area contributed by atoms with Crippen molar-refractivity contribution in [2.45, 2.75) is 32.7 Å². The van der Waals surface area contributed by atoms with Gasteiger partial charge in [-0.05, 0) is 49.0 Å². The van der Waals surface area contributed by atoms with Crippen LogP contribution in [0.2, 0.25) is 5.02 Å². The highest BCUT2D eigenvalue weighted by molar-refractivity contribution is 9.10. The molecule has 2 rings (SSSR count). The number of benzene rings is 1. The fraction of sp³-hybridized carbons (Fsp3) is 0.600. The Labute approximate surface area is 129 Å². The molecular formula is C15H22BrClN2. The Bertz CT molecular complexity index is 438. The van der Waals surface area contributed by atoms with Gasteiger partial charge in [0.05, 0.1) is 0 Å². The third-order valence-corrected chi connectivity index (χ3v) is 4.96. The number of piperidine rings is 1. The summed E-state index contributed by atoms with van der Waals surface area (Å²) in [6.45, 7) is 7.49. The van der Waals surface area contributed by atoms with Crippen LogP contribution in [0.15, 0.2) is 22.7 Å². The predicted molar refractivity (Wildman–Crippen MR) is 85.5 cm³/mol. The lowest BCUT2D eigenvalue weighted by molar-refractivity contribution is 0.0964. The molecule has 19 heavy (non-hydrogen) atoms. The number of nitrogens with zero attached hydrogens (tertiary/aromatic N) is 1. The summed E-state index contributed by atoms with van der Waals surface area (Å²) in [6.07, 6.45) is 2.44. The largest absolute Gasteiger partial charge is 0.329 e. The Morgan fingerprint density at radius 2 is 2.00 bits per heavy atom. The van der Waals surface area contributed by atoms with Gasteiger partial charge in [0.2, 0.25) is 0 Å². The standard InChI is InChI=1S/C15H22BrClN2/c1-15(2)5-7-19(8-6-15)14(10-18)12-4-3-11(16)9-13(12)17/h3-4,9,14H,5-8,10,18H2,1-2H3. The lowest BCUT2D eigenvalue weighted by Gasteiger charge is -2.41. The molecule has 1 saturated heterocycles. The van der Waals surface area contributed by atoms with E-state index in [0.29, 0.717) is 12.0 Å². The molecule has 106 valence electrons. The number of hydrogen-bond donors (Lipinski definition) is 1. The van der Waals surface area contributed by atoms with Crippen molar-refractivity contribution in [2.24, 2.45) is 11.1 Å². The fourth-order valence-electron chi connectivity index (χ4n) is 2.69. The Kier molecular flexibility index (Phi) is 4.93. The SMILES string of the molecule is CC1(C)CCN(C(CN)c2ccc(Br)cc2Cl)CC1. The minimum atomic E-state index is 0.233. The second-order valence-corrected chi connectivity index (χ2v) is 7.44. The van der Waals surface area contributed by atoms with Crippen LogP contribution in [0, 0.1) is 5.41 Å². The van der Waals surface area contributed by atoms with Crippen LogP contribution in [0.4, 0.5) is 0 Å². The molecule has 1 aromatic rings. The summed E-state index contributed by atoms with van der Waals surface area (Å²) in [5, 5.41) is 0.801. The molecule has 2 N–H and O–H groups in total. The maximum atomic E-state index is 6.37. The number of nitrogens with two attached hydrogens (primary N) is 1. The van der Waals surface area contributed by atoms with E-state index in [2.05, 4.69) is 40.7 Å². The monoisotopic (exact) mass is 344 g/mol. The molecule has 1 atom stereocenters. The van der Waals surface area contributed by atoms with E-state index in [4.69, 9.17) is 17.3 Å². The van der Waals surface area contributed by atoms with Crippen molar-refractivity contribution in [1.82, 2.24) is 4.90 Å². The molecule has 1 aliphatic rings. The van der Waals surface area contributed by atoms with Crippen LogP contribution < -0.4 is 5.73 Å². The number of hydrogen-bond acceptors (Lipinski definition) is 2. The van der Waals surface area contributed by atoms with Gasteiger partial charge in [0.15, 0.2) is 0 Å². The summed E-state index contributed by atoms with van der Waals surface area (Å²) in [5.41, 5.74) is 7.60. The van der Waals surface area contributed by atoms with Gasteiger partial charge in [0.25, 0.3) is 0 Å². The van der Waals surface area contributed by atoms with E-state index in [1.165, 1.54) is 12.8 Å². The van der Waals surface area contributed by atoms with Gasteiger partial charge in [-0.25, -0.2) is 0 Å². The minimum absolute atomic E-state index is 0.233. The maximum Gasteiger partial charge on any atom is 0.0485 e. The molecule has 1 heterocycles. The van der Waals surface area contributed by atoms with Crippen LogP contribution in [-0.4, -0.2) is 24.5 Å². The van der Waals surface area contributed by atoms with Crippen molar-refractivity contribution in [1.29, 1.82) is 0 Å². The summed E-state index contributed by atoms with van der Waals surface area (Å²) < 4.78 is 1.01. The van der Waals surface area contributed by atoms with Gasteiger partial charge >= 0.3 is 0 Å². The summed E-state index contributed by atoms with van der Waals surface area (Å²) >= 11 is 9.81. The Balaban J connectivity index is 2.16. The normalized spacial score (nSPS) is 21.3. The molecule has 1 unspecified atom stereocenters. The van der Waals surface area contributed by atoms with E-state index in [0.717, 1.165) is 28.1 Å². The zero-order valence-corrected chi connectivity index (χ0v) is 14.0. The zero-order chi connectivity index (χ0) is 14.0. The average Bonchev–Trinajstić information content (AvgIpc) is 2.34. The lowest BCUT2D eigenvalue weighted by atomic mass is 9.82. The molecule has 0 saturated carbocycles. The first kappa shape index (κ1) is 15.3. The maximum absolute atomic E-state index is 6.37. The van der Waals surface area contributed by atoms with Crippen molar-refractivity contribution in [2.75, 3.05) is 19.6 Å². The molecule has 0 aromatic heterocycles. The molecule has 1 aliphatic heterocycles. The van der Waals surface area contributed by atoms with Gasteiger partial charge in [0, 0.05) is 22.1 Å². The Morgan fingerprint density at radius 1 is 1.37 bits per heavy atom. The van der Waals surface area contributed by atoms with E-state index in [-0.39, 0.29) is 6.04 Å². The third-order valence-electron chi connectivity index (χ3n) is 4.14. The lowest BCUT2D eigenvalue weighted by Crippen LogP contribution is -2.42. The van der Waals surface area contributed by atoms with Gasteiger partial charge in [-0.3, -0.25) is 4.90 Å². The van der Waals surface area contributed by atoms with Crippen LogP contribution in [-0.2, 0) is 0 Å². The first-order chi connectivity index (χ1) is 8.93. The van der Waals surface area contributed by atoms with Crippen molar-refractivity contribution < 1.29 is 0 Å². The van der Waals surface area contributed by atoms with Gasteiger partial charge in [-0.15, -0.1) is 0 Å². The molecule has 0 radical (unpaired) electrons. The van der Waals surface area contributed by atoms with E-state index >= 15 is 0 Å². The van der Waals surface area contributed by atoms with E-state index in [1.54, 1.807) is 0 Å². The Hall–Kier alpha value is -0.0900. The summed E-state index contributed by atoms with van der Waals surface area (Å²) in [6, 6.07) is 6.31. The number of halogens is 2. The molecule has 2 nitrogen and oxygen atoms in total. The highest BCUT2D eigenvalue weighted by Gasteiger charge is 2.30. The molecular weight excluding hydrogens is 324 g/mol. The van der Waals surface area contributed by atoms with Gasteiger partial charge in [0.1, 0.15) is 0 Å². The van der Waals surface area contributed by atoms with Crippen molar-refractivity contribution in [3.63, 3.8) is 0 Å². The molecule has 0 spiro atoms. The van der Waals surface area contributed by atoms with E-state index in [1.807, 2.05) is 12.1 Å². The Morgan fingerprint density at radius 3 is 2.53 bits per heavy atom. The molecule has 0 bridgehead atoms. The molecule has 1 fully saturated rings. The quantitative estimate of drug-likeness (QED) is 0.888. The zero-order valence-electron chi connectivity index (χ0n) is 11.6. The van der Waals surface area contributed by atoms with Crippen LogP contribution in [0.25, 0.3) is 0 Å². The van der Waals surface area contributed by atoms with Gasteiger partial charge in [-0.2, -0.15) is 0 Å². The summed E-state index contributed by atoms with van der Waals surface area (Å²) in [7, 11) is 0. The van der Waals surface area contributed by atoms with Crippen molar-refractivity contribution in [3.05, 3.63) is 33.3 Å². The molecule has 4 heteroatoms. The van der Waals surface area contributed by atoms with Crippen molar-refractivity contribution >= 4 is 27.5 Å². The van der Waals surface area contributed by atoms with Crippen LogP contribution in [0.3, 0.4) is 0 Å². The minimum Gasteiger partial charge on any atom is -0.329 e. The number of rotatable bonds is 3. The van der Waals surface area contributed by atoms with Gasteiger partial charge < -0.3 is 5.73 Å². The highest BCUT2D eigenvalue weighted by Crippen LogP contribution is 2.35. The van der Waals surface area contributed by atoms with Gasteiger partial charge in [-0.1, -0.05) is 47.4 Å². The fourth-order valence-corrected chi connectivity index (χ4v) is 3.48. The van der Waals surface area contributed by atoms with E-state index in [9.17, 15) is 0 Å². The first-order valence-electron chi connectivity index (χ1n) is 6.82. The third kappa shape index (κ3) is 3.72.